The summed E-state index contributed by atoms with van der Waals surface area (Å²) in [5.74, 6) is 0.677. The number of hydrogen-bond acceptors (Lipinski definition) is 5. The summed E-state index contributed by atoms with van der Waals surface area (Å²) >= 11 is 0. The van der Waals surface area contributed by atoms with Gasteiger partial charge in [-0.2, -0.15) is 0 Å². The summed E-state index contributed by atoms with van der Waals surface area (Å²) in [6.45, 7) is 8.37. The first-order valence-electron chi connectivity index (χ1n) is 5.77. The Bertz CT molecular complexity index is 454. The highest BCUT2D eigenvalue weighted by molar-refractivity contribution is 5.54. The molecule has 100 valence electrons. The summed E-state index contributed by atoms with van der Waals surface area (Å²) in [6.07, 6.45) is 0. The zero-order valence-corrected chi connectivity index (χ0v) is 11.5. The monoisotopic (exact) mass is 252 g/mol. The van der Waals surface area contributed by atoms with E-state index in [4.69, 9.17) is 5.73 Å². The maximum atomic E-state index is 10.8. The molecule has 0 saturated heterocycles. The van der Waals surface area contributed by atoms with Crippen molar-refractivity contribution in [3.05, 3.63) is 22.2 Å². The lowest BCUT2D eigenvalue weighted by atomic mass is 9.87. The van der Waals surface area contributed by atoms with Gasteiger partial charge in [-0.05, 0) is 12.3 Å². The van der Waals surface area contributed by atoms with E-state index in [1.807, 2.05) is 11.9 Å². The van der Waals surface area contributed by atoms with E-state index in [9.17, 15) is 10.1 Å². The molecule has 0 saturated carbocycles. The van der Waals surface area contributed by atoms with Gasteiger partial charge in [-0.3, -0.25) is 10.1 Å². The average Bonchev–Trinajstić information content (AvgIpc) is 2.24. The highest BCUT2D eigenvalue weighted by Gasteiger charge is 2.26. The molecule has 6 nitrogen and oxygen atoms in total. The third-order valence-corrected chi connectivity index (χ3v) is 3.22. The smallest absolute Gasteiger partial charge is 0.276 e. The van der Waals surface area contributed by atoms with Crippen LogP contribution >= 0.6 is 0 Å². The SMILES string of the molecule is CC(N(C)c1cc([N+](=O)[O-])cc(N)n1)C(C)(C)C. The Hall–Kier alpha value is -1.85. The van der Waals surface area contributed by atoms with E-state index >= 15 is 0 Å². The van der Waals surface area contributed by atoms with E-state index in [2.05, 4.69) is 32.7 Å². The standard InChI is InChI=1S/C12H20N4O2/c1-8(12(2,3)4)15(5)11-7-9(16(17)18)6-10(13)14-11/h6-8H,1-5H3,(H2,13,14). The molecule has 1 atom stereocenters. The van der Waals surface area contributed by atoms with Crippen LogP contribution in [0.3, 0.4) is 0 Å². The van der Waals surface area contributed by atoms with Crippen LogP contribution < -0.4 is 10.6 Å². The number of anilines is 2. The van der Waals surface area contributed by atoms with Crippen molar-refractivity contribution in [1.29, 1.82) is 0 Å². The molecule has 1 heterocycles. The van der Waals surface area contributed by atoms with Gasteiger partial charge in [0.1, 0.15) is 11.6 Å². The van der Waals surface area contributed by atoms with Crippen LogP contribution in [0.5, 0.6) is 0 Å². The fourth-order valence-corrected chi connectivity index (χ4v) is 1.59. The van der Waals surface area contributed by atoms with E-state index < -0.39 is 4.92 Å². The Kier molecular flexibility index (Phi) is 3.79. The fraction of sp³-hybridized carbons (Fsp3) is 0.583. The molecule has 1 unspecified atom stereocenters. The Labute approximate surface area is 107 Å². The van der Waals surface area contributed by atoms with E-state index in [-0.39, 0.29) is 23.0 Å². The summed E-state index contributed by atoms with van der Waals surface area (Å²) in [5, 5.41) is 10.8. The molecular weight excluding hydrogens is 232 g/mol. The number of pyridine rings is 1. The second-order valence-electron chi connectivity index (χ2n) is 5.52. The predicted octanol–water partition coefficient (Wildman–Crippen LogP) is 2.44. The Morgan fingerprint density at radius 1 is 1.44 bits per heavy atom. The second kappa shape index (κ2) is 4.80. The van der Waals surface area contributed by atoms with Crippen molar-refractivity contribution < 1.29 is 4.92 Å². The maximum absolute atomic E-state index is 10.8. The van der Waals surface area contributed by atoms with Crippen LogP contribution in [-0.4, -0.2) is 23.0 Å². The van der Waals surface area contributed by atoms with E-state index in [1.165, 1.54) is 12.1 Å². The second-order valence-corrected chi connectivity index (χ2v) is 5.52. The number of nitro groups is 1. The molecule has 0 aromatic carbocycles. The van der Waals surface area contributed by atoms with Crippen molar-refractivity contribution in [3.8, 4) is 0 Å². The van der Waals surface area contributed by atoms with E-state index in [0.29, 0.717) is 5.82 Å². The van der Waals surface area contributed by atoms with Crippen LogP contribution in [0.2, 0.25) is 0 Å². The molecule has 0 amide bonds. The Balaban J connectivity index is 3.13. The topological polar surface area (TPSA) is 85.3 Å². The molecule has 1 aromatic rings. The summed E-state index contributed by atoms with van der Waals surface area (Å²) in [6, 6.07) is 2.88. The minimum atomic E-state index is -0.461. The molecule has 0 aliphatic heterocycles. The molecule has 0 radical (unpaired) electrons. The van der Waals surface area contributed by atoms with Gasteiger partial charge in [0.05, 0.1) is 17.1 Å². The van der Waals surface area contributed by atoms with Crippen molar-refractivity contribution in [3.63, 3.8) is 0 Å². The first-order valence-corrected chi connectivity index (χ1v) is 5.77. The van der Waals surface area contributed by atoms with Gasteiger partial charge in [0.25, 0.3) is 5.69 Å². The van der Waals surface area contributed by atoms with E-state index in [1.54, 1.807) is 0 Å². The van der Waals surface area contributed by atoms with Gasteiger partial charge in [0.2, 0.25) is 0 Å². The van der Waals surface area contributed by atoms with Gasteiger partial charge >= 0.3 is 0 Å². The molecule has 0 bridgehead atoms. The van der Waals surface area contributed by atoms with Crippen LogP contribution in [0.4, 0.5) is 17.3 Å². The Morgan fingerprint density at radius 2 is 2.00 bits per heavy atom. The van der Waals surface area contributed by atoms with Crippen molar-refractivity contribution in [2.24, 2.45) is 5.41 Å². The molecule has 0 aliphatic rings. The lowest BCUT2D eigenvalue weighted by molar-refractivity contribution is -0.384. The van der Waals surface area contributed by atoms with Crippen LogP contribution in [0.25, 0.3) is 0 Å². The number of nitrogen functional groups attached to an aromatic ring is 1. The van der Waals surface area contributed by atoms with Crippen molar-refractivity contribution in [2.45, 2.75) is 33.7 Å². The highest BCUT2D eigenvalue weighted by atomic mass is 16.6. The molecule has 2 N–H and O–H groups in total. The van der Waals surface area contributed by atoms with Gasteiger partial charge < -0.3 is 10.6 Å². The van der Waals surface area contributed by atoms with Crippen molar-refractivity contribution in [2.75, 3.05) is 17.7 Å². The van der Waals surface area contributed by atoms with Crippen molar-refractivity contribution >= 4 is 17.3 Å². The molecule has 1 rings (SSSR count). The van der Waals surface area contributed by atoms with Gasteiger partial charge in [0, 0.05) is 13.1 Å². The van der Waals surface area contributed by atoms with Crippen LogP contribution in [0.15, 0.2) is 12.1 Å². The van der Waals surface area contributed by atoms with Crippen molar-refractivity contribution in [1.82, 2.24) is 4.98 Å². The summed E-state index contributed by atoms with van der Waals surface area (Å²) in [7, 11) is 1.86. The maximum Gasteiger partial charge on any atom is 0.276 e. The first kappa shape index (κ1) is 14.2. The van der Waals surface area contributed by atoms with Crippen LogP contribution in [-0.2, 0) is 0 Å². The molecule has 0 fully saturated rings. The minimum absolute atomic E-state index is 0.0366. The number of aromatic nitrogens is 1. The molecular formula is C12H20N4O2. The molecule has 1 aromatic heterocycles. The van der Waals surface area contributed by atoms with E-state index in [0.717, 1.165) is 0 Å². The quantitative estimate of drug-likeness (QED) is 0.659. The minimum Gasteiger partial charge on any atom is -0.383 e. The predicted molar refractivity (Wildman–Crippen MR) is 72.6 cm³/mol. The molecule has 0 spiro atoms. The largest absolute Gasteiger partial charge is 0.383 e. The van der Waals surface area contributed by atoms with Gasteiger partial charge in [0.15, 0.2) is 0 Å². The number of hydrogen-bond donors (Lipinski definition) is 1. The zero-order chi connectivity index (χ0) is 14.1. The van der Waals surface area contributed by atoms with Gasteiger partial charge in [-0.1, -0.05) is 20.8 Å². The molecule has 0 aliphatic carbocycles. The summed E-state index contributed by atoms with van der Waals surface area (Å²) in [5.41, 5.74) is 5.60. The summed E-state index contributed by atoms with van der Waals surface area (Å²) < 4.78 is 0. The van der Waals surface area contributed by atoms with Crippen LogP contribution in [0, 0.1) is 15.5 Å². The van der Waals surface area contributed by atoms with Crippen LogP contribution in [0.1, 0.15) is 27.7 Å². The third-order valence-electron chi connectivity index (χ3n) is 3.22. The Morgan fingerprint density at radius 3 is 2.44 bits per heavy atom. The molecule has 18 heavy (non-hydrogen) atoms. The van der Waals surface area contributed by atoms with Gasteiger partial charge in [-0.15, -0.1) is 0 Å². The highest BCUT2D eigenvalue weighted by Crippen LogP contribution is 2.28. The average molecular weight is 252 g/mol. The molecule has 6 heteroatoms. The van der Waals surface area contributed by atoms with Gasteiger partial charge in [-0.25, -0.2) is 4.98 Å². The normalized spacial score (nSPS) is 13.2. The first-order chi connectivity index (χ1) is 8.12. The summed E-state index contributed by atoms with van der Waals surface area (Å²) in [4.78, 5) is 16.4. The lowest BCUT2D eigenvalue weighted by Gasteiger charge is -2.36. The zero-order valence-electron chi connectivity index (χ0n) is 11.5. The lowest BCUT2D eigenvalue weighted by Crippen LogP contribution is -2.39. The number of nitrogens with zero attached hydrogens (tertiary/aromatic N) is 3. The number of nitrogens with two attached hydrogens (primary N) is 1. The number of rotatable bonds is 3. The third kappa shape index (κ3) is 3.09. The fourth-order valence-electron chi connectivity index (χ4n) is 1.59.